The maximum atomic E-state index is 11.7. The molecule has 0 aliphatic carbocycles. The zero-order chi connectivity index (χ0) is 12.0. The van der Waals surface area contributed by atoms with Gasteiger partial charge < -0.3 is 5.61 Å². The number of rotatable bonds is 6. The smallest absolute Gasteiger partial charge is 1.00 e. The van der Waals surface area contributed by atoms with Crippen LogP contribution in [-0.4, -0.2) is 13.1 Å². The molecular formula is C11H16ClNaO3S. The summed E-state index contributed by atoms with van der Waals surface area (Å²) in [5.74, 6) is 0.296. The third-order valence-electron chi connectivity index (χ3n) is 2.05. The van der Waals surface area contributed by atoms with E-state index >= 15 is 0 Å². The Labute approximate surface area is 131 Å². The molecule has 0 N–H and O–H groups in total. The summed E-state index contributed by atoms with van der Waals surface area (Å²) in [7, 11) is -3.72. The molecule has 0 saturated heterocycles. The normalized spacial score (nSPS) is 12.6. The van der Waals surface area contributed by atoms with Gasteiger partial charge in [0.05, 0.1) is 0 Å². The Balaban J connectivity index is 0. The number of hydrogen-bond donors (Lipinski definition) is 0. The maximum absolute atomic E-state index is 11.7. The van der Waals surface area contributed by atoms with E-state index in [1.54, 1.807) is 30.3 Å². The zero-order valence-electron chi connectivity index (χ0n) is 11.1. The molecule has 3 nitrogen and oxygen atoms in total. The van der Waals surface area contributed by atoms with E-state index in [0.29, 0.717) is 12.2 Å². The summed E-state index contributed by atoms with van der Waals surface area (Å²) in [6.07, 6.45) is 2.09. The first-order chi connectivity index (χ1) is 7.56. The van der Waals surface area contributed by atoms with Crippen molar-refractivity contribution in [3.8, 4) is 5.75 Å². The van der Waals surface area contributed by atoms with Gasteiger partial charge in [0.25, 0.3) is 0 Å². The van der Waals surface area contributed by atoms with E-state index in [0.717, 1.165) is 12.8 Å². The number of hydrogen-bond acceptors (Lipinski definition) is 3. The van der Waals surface area contributed by atoms with Gasteiger partial charge in [0.2, 0.25) is 0 Å². The molecule has 0 saturated carbocycles. The van der Waals surface area contributed by atoms with Crippen LogP contribution >= 0.6 is 11.6 Å². The fourth-order valence-electron chi connectivity index (χ4n) is 1.17. The van der Waals surface area contributed by atoms with Crippen LogP contribution in [0.3, 0.4) is 0 Å². The molecule has 0 aromatic heterocycles. The van der Waals surface area contributed by atoms with Crippen molar-refractivity contribution in [2.45, 2.75) is 30.9 Å². The van der Waals surface area contributed by atoms with Crippen LogP contribution in [0.25, 0.3) is 0 Å². The summed E-state index contributed by atoms with van der Waals surface area (Å²) in [6, 6.07) is 8.37. The summed E-state index contributed by atoms with van der Waals surface area (Å²) >= 11 is 5.79. The van der Waals surface area contributed by atoms with E-state index in [1.165, 1.54) is 0 Å². The van der Waals surface area contributed by atoms with E-state index in [4.69, 9.17) is 15.8 Å². The maximum Gasteiger partial charge on any atom is 1.00 e. The summed E-state index contributed by atoms with van der Waals surface area (Å²) in [6.45, 7) is 1.98. The molecule has 0 heterocycles. The second-order valence-corrected chi connectivity index (χ2v) is 5.95. The monoisotopic (exact) mass is 286 g/mol. The fraction of sp³-hybridized carbons (Fsp3) is 0.455. The SMILES string of the molecule is CCCCC(Cl)S(=O)(=O)Oc1ccccc1.[H-].[Na+]. The molecule has 1 aromatic carbocycles. The third kappa shape index (κ3) is 6.11. The van der Waals surface area contributed by atoms with Crippen molar-refractivity contribution in [3.05, 3.63) is 30.3 Å². The van der Waals surface area contributed by atoms with Crippen molar-refractivity contribution in [2.24, 2.45) is 0 Å². The standard InChI is InChI=1S/C11H15ClO3S.Na.H/c1-2-3-9-11(12)16(13,14)15-10-7-5-4-6-8-10;;/h4-8,11H,2-3,9H2,1H3;;/q;+1;-1. The molecule has 0 spiro atoms. The number of halogens is 1. The van der Waals surface area contributed by atoms with Gasteiger partial charge in [0.15, 0.2) is 4.71 Å². The van der Waals surface area contributed by atoms with Crippen molar-refractivity contribution >= 4 is 21.7 Å². The Kier molecular flexibility index (Phi) is 8.51. The Morgan fingerprint density at radius 1 is 1.35 bits per heavy atom. The Morgan fingerprint density at radius 2 is 1.94 bits per heavy atom. The molecule has 0 radical (unpaired) electrons. The second-order valence-electron chi connectivity index (χ2n) is 3.44. The first-order valence-corrected chi connectivity index (χ1v) is 7.09. The van der Waals surface area contributed by atoms with Gasteiger partial charge in [-0.05, 0) is 18.6 Å². The quantitative estimate of drug-likeness (QED) is 0.428. The average Bonchev–Trinajstić information content (AvgIpc) is 2.26. The van der Waals surface area contributed by atoms with Gasteiger partial charge in [0.1, 0.15) is 5.75 Å². The summed E-state index contributed by atoms with van der Waals surface area (Å²) in [5, 5.41) is 0. The molecule has 0 aliphatic heterocycles. The molecule has 0 fully saturated rings. The molecule has 0 aliphatic rings. The number of benzene rings is 1. The van der Waals surface area contributed by atoms with E-state index in [2.05, 4.69) is 0 Å². The van der Waals surface area contributed by atoms with E-state index in [1.807, 2.05) is 6.92 Å². The minimum absolute atomic E-state index is 0. The minimum atomic E-state index is -3.72. The largest absolute Gasteiger partial charge is 1.00 e. The predicted molar refractivity (Wildman–Crippen MR) is 66.3 cm³/mol. The molecule has 0 bridgehead atoms. The Hall–Kier alpha value is 0.260. The molecule has 1 atom stereocenters. The van der Waals surface area contributed by atoms with Crippen LogP contribution in [0.15, 0.2) is 30.3 Å². The van der Waals surface area contributed by atoms with Crippen molar-refractivity contribution < 1.29 is 43.6 Å². The third-order valence-corrected chi connectivity index (χ3v) is 4.21. The van der Waals surface area contributed by atoms with Gasteiger partial charge in [-0.15, -0.1) is 11.6 Å². The summed E-state index contributed by atoms with van der Waals surface area (Å²) in [4.78, 5) is 0. The van der Waals surface area contributed by atoms with E-state index < -0.39 is 14.8 Å². The minimum Gasteiger partial charge on any atom is -1.00 e. The molecule has 92 valence electrons. The predicted octanol–water partition coefficient (Wildman–Crippen LogP) is 0.267. The van der Waals surface area contributed by atoms with Crippen LogP contribution in [0.2, 0.25) is 0 Å². The summed E-state index contributed by atoms with van der Waals surface area (Å²) < 4.78 is 27.2. The van der Waals surface area contributed by atoms with Crippen molar-refractivity contribution in [1.82, 2.24) is 0 Å². The van der Waals surface area contributed by atoms with Crippen LogP contribution < -0.4 is 33.7 Å². The van der Waals surface area contributed by atoms with Crippen LogP contribution in [-0.2, 0) is 10.1 Å². The molecule has 1 rings (SSSR count). The number of alkyl halides is 1. The van der Waals surface area contributed by atoms with Gasteiger partial charge in [-0.25, -0.2) is 0 Å². The Morgan fingerprint density at radius 3 is 2.47 bits per heavy atom. The van der Waals surface area contributed by atoms with Gasteiger partial charge in [-0.2, -0.15) is 8.42 Å². The molecule has 6 heteroatoms. The first-order valence-electron chi connectivity index (χ1n) is 5.18. The van der Waals surface area contributed by atoms with Crippen LogP contribution in [0.1, 0.15) is 27.6 Å². The molecular weight excluding hydrogens is 271 g/mol. The van der Waals surface area contributed by atoms with E-state index in [9.17, 15) is 8.42 Å². The second kappa shape index (κ2) is 8.38. The van der Waals surface area contributed by atoms with Crippen molar-refractivity contribution in [3.63, 3.8) is 0 Å². The topological polar surface area (TPSA) is 43.4 Å². The zero-order valence-corrected chi connectivity index (χ0v) is 13.7. The van der Waals surface area contributed by atoms with E-state index in [-0.39, 0.29) is 31.0 Å². The Bertz CT molecular complexity index is 414. The van der Waals surface area contributed by atoms with Crippen molar-refractivity contribution in [2.75, 3.05) is 0 Å². The van der Waals surface area contributed by atoms with Crippen LogP contribution in [0.4, 0.5) is 0 Å². The molecule has 1 aromatic rings. The molecule has 0 amide bonds. The van der Waals surface area contributed by atoms with Crippen molar-refractivity contribution in [1.29, 1.82) is 0 Å². The number of unbranched alkanes of at least 4 members (excludes halogenated alkanes) is 1. The van der Waals surface area contributed by atoms with Crippen LogP contribution in [0.5, 0.6) is 5.75 Å². The van der Waals surface area contributed by atoms with Crippen LogP contribution in [0, 0.1) is 0 Å². The van der Waals surface area contributed by atoms with Gasteiger partial charge in [0, 0.05) is 0 Å². The van der Waals surface area contributed by atoms with Gasteiger partial charge in [-0.1, -0.05) is 38.0 Å². The molecule has 1 unspecified atom stereocenters. The molecule has 17 heavy (non-hydrogen) atoms. The van der Waals surface area contributed by atoms with Gasteiger partial charge in [-0.3, -0.25) is 0 Å². The van der Waals surface area contributed by atoms with Gasteiger partial charge >= 0.3 is 39.7 Å². The first kappa shape index (κ1) is 17.3. The fourth-order valence-corrected chi connectivity index (χ4v) is 2.37. The average molecular weight is 287 g/mol. The number of para-hydroxylation sites is 1. The summed E-state index contributed by atoms with van der Waals surface area (Å²) in [5.41, 5.74) is 0.